The fraction of sp³-hybridized carbons (Fsp3) is 0.588. The molecule has 5 nitrogen and oxygen atoms in total. The standard InChI is InChI=1S/C17H24N2O3S/c1-2-13(20)11-18-7-9-19(10-8-18)17(21)15-12-23-16-6-4-3-5-14(16)22-15/h3-6,13,15,20H,2,7-12H2,1H3/t13-,15-/m0/s1. The van der Waals surface area contributed by atoms with Gasteiger partial charge in [-0.05, 0) is 18.6 Å². The van der Waals surface area contributed by atoms with E-state index in [0.29, 0.717) is 25.4 Å². The van der Waals surface area contributed by atoms with Crippen LogP contribution >= 0.6 is 11.8 Å². The molecule has 2 atom stereocenters. The van der Waals surface area contributed by atoms with E-state index >= 15 is 0 Å². The van der Waals surface area contributed by atoms with Crippen LogP contribution in [-0.4, -0.2) is 71.5 Å². The average Bonchev–Trinajstić information content (AvgIpc) is 2.61. The van der Waals surface area contributed by atoms with Crippen molar-refractivity contribution in [1.82, 2.24) is 9.80 Å². The van der Waals surface area contributed by atoms with Gasteiger partial charge < -0.3 is 14.7 Å². The minimum absolute atomic E-state index is 0.0858. The highest BCUT2D eigenvalue weighted by atomic mass is 32.2. The molecule has 1 aromatic carbocycles. The van der Waals surface area contributed by atoms with Gasteiger partial charge in [-0.15, -0.1) is 11.8 Å². The van der Waals surface area contributed by atoms with Gasteiger partial charge in [-0.25, -0.2) is 0 Å². The van der Waals surface area contributed by atoms with Crippen LogP contribution in [0.1, 0.15) is 13.3 Å². The number of carbonyl (C=O) groups is 1. The number of hydrogen-bond donors (Lipinski definition) is 1. The zero-order chi connectivity index (χ0) is 16.2. The first-order valence-electron chi connectivity index (χ1n) is 8.25. The molecule has 0 spiro atoms. The van der Waals surface area contributed by atoms with Crippen LogP contribution in [0.5, 0.6) is 5.75 Å². The summed E-state index contributed by atoms with van der Waals surface area (Å²) in [6.07, 6.45) is 0.112. The number of piperazine rings is 1. The van der Waals surface area contributed by atoms with Crippen LogP contribution < -0.4 is 4.74 Å². The summed E-state index contributed by atoms with van der Waals surface area (Å²) in [5, 5.41) is 9.74. The predicted molar refractivity (Wildman–Crippen MR) is 90.9 cm³/mol. The zero-order valence-electron chi connectivity index (χ0n) is 13.5. The van der Waals surface area contributed by atoms with Crippen molar-refractivity contribution in [3.63, 3.8) is 0 Å². The number of carbonyl (C=O) groups excluding carboxylic acids is 1. The van der Waals surface area contributed by atoms with Gasteiger partial charge in [0.15, 0.2) is 6.10 Å². The third-order valence-electron chi connectivity index (χ3n) is 4.41. The zero-order valence-corrected chi connectivity index (χ0v) is 14.3. The first-order valence-corrected chi connectivity index (χ1v) is 9.23. The Labute approximate surface area is 141 Å². The van der Waals surface area contributed by atoms with Crippen molar-refractivity contribution in [1.29, 1.82) is 0 Å². The highest BCUT2D eigenvalue weighted by Crippen LogP contribution is 2.35. The summed E-state index contributed by atoms with van der Waals surface area (Å²) in [6, 6.07) is 7.87. The van der Waals surface area contributed by atoms with Crippen LogP contribution in [0.3, 0.4) is 0 Å². The molecule has 2 aliphatic heterocycles. The van der Waals surface area contributed by atoms with Gasteiger partial charge in [-0.1, -0.05) is 19.1 Å². The monoisotopic (exact) mass is 336 g/mol. The number of benzene rings is 1. The Kier molecular flexibility index (Phi) is 5.46. The van der Waals surface area contributed by atoms with Gasteiger partial charge in [-0.2, -0.15) is 0 Å². The molecule has 0 radical (unpaired) electrons. The van der Waals surface area contributed by atoms with Gasteiger partial charge >= 0.3 is 0 Å². The minimum atomic E-state index is -0.386. The number of hydrogen-bond acceptors (Lipinski definition) is 5. The number of para-hydroxylation sites is 1. The first kappa shape index (κ1) is 16.6. The summed E-state index contributed by atoms with van der Waals surface area (Å²) in [5.74, 6) is 1.57. The summed E-state index contributed by atoms with van der Waals surface area (Å²) in [5.41, 5.74) is 0. The molecule has 1 N–H and O–H groups in total. The Balaban J connectivity index is 1.52. The lowest BCUT2D eigenvalue weighted by Crippen LogP contribution is -2.54. The Morgan fingerprint density at radius 2 is 2.09 bits per heavy atom. The molecule has 23 heavy (non-hydrogen) atoms. The maximum atomic E-state index is 12.7. The van der Waals surface area contributed by atoms with Crippen LogP contribution in [0.2, 0.25) is 0 Å². The Morgan fingerprint density at radius 1 is 1.35 bits per heavy atom. The van der Waals surface area contributed by atoms with E-state index in [9.17, 15) is 9.90 Å². The third kappa shape index (κ3) is 4.00. The van der Waals surface area contributed by atoms with E-state index in [2.05, 4.69) is 4.90 Å². The molecule has 1 saturated heterocycles. The lowest BCUT2D eigenvalue weighted by atomic mass is 10.2. The fourth-order valence-corrected chi connectivity index (χ4v) is 3.90. The molecule has 0 unspecified atom stereocenters. The number of β-amino-alcohol motifs (C(OH)–C–C–N with tert-alkyl or cyclic N) is 1. The molecule has 1 aromatic rings. The molecular formula is C17H24N2O3S. The quantitative estimate of drug-likeness (QED) is 0.902. The number of thioether (sulfide) groups is 1. The molecule has 1 fully saturated rings. The Hall–Kier alpha value is -1.24. The highest BCUT2D eigenvalue weighted by Gasteiger charge is 2.32. The number of nitrogens with zero attached hydrogens (tertiary/aromatic N) is 2. The van der Waals surface area contributed by atoms with Crippen LogP contribution in [0.15, 0.2) is 29.2 Å². The number of aliphatic hydroxyl groups is 1. The predicted octanol–water partition coefficient (Wildman–Crippen LogP) is 1.45. The molecule has 3 rings (SSSR count). The highest BCUT2D eigenvalue weighted by molar-refractivity contribution is 7.99. The van der Waals surface area contributed by atoms with Gasteiger partial charge in [0.2, 0.25) is 0 Å². The Morgan fingerprint density at radius 3 is 2.83 bits per heavy atom. The number of rotatable bonds is 4. The first-order chi connectivity index (χ1) is 11.2. The van der Waals surface area contributed by atoms with Gasteiger partial charge in [0.25, 0.3) is 5.91 Å². The number of amides is 1. The van der Waals surface area contributed by atoms with Crippen LogP contribution in [0.4, 0.5) is 0 Å². The van der Waals surface area contributed by atoms with Gasteiger partial charge in [0, 0.05) is 43.4 Å². The molecule has 6 heteroatoms. The second-order valence-corrected chi connectivity index (χ2v) is 7.11. The SMILES string of the molecule is CC[C@H](O)CN1CCN(C(=O)[C@@H]2CSc3ccccc3O2)CC1. The van der Waals surface area contributed by atoms with Crippen molar-refractivity contribution in [2.75, 3.05) is 38.5 Å². The van der Waals surface area contributed by atoms with Crippen molar-refractivity contribution in [2.45, 2.75) is 30.4 Å². The second-order valence-electron chi connectivity index (χ2n) is 6.05. The van der Waals surface area contributed by atoms with Crippen LogP contribution in [-0.2, 0) is 4.79 Å². The topological polar surface area (TPSA) is 53.0 Å². The van der Waals surface area contributed by atoms with E-state index in [4.69, 9.17) is 4.74 Å². The van der Waals surface area contributed by atoms with Crippen molar-refractivity contribution < 1.29 is 14.6 Å². The number of aliphatic hydroxyl groups excluding tert-OH is 1. The van der Waals surface area contributed by atoms with E-state index < -0.39 is 0 Å². The second kappa shape index (κ2) is 7.55. The van der Waals surface area contributed by atoms with Gasteiger partial charge in [-0.3, -0.25) is 9.69 Å². The average molecular weight is 336 g/mol. The number of fused-ring (bicyclic) bond motifs is 1. The maximum absolute atomic E-state index is 12.7. The van der Waals surface area contributed by atoms with E-state index in [1.807, 2.05) is 36.1 Å². The third-order valence-corrected chi connectivity index (χ3v) is 5.53. The summed E-state index contributed by atoms with van der Waals surface area (Å²) in [6.45, 7) is 5.74. The van der Waals surface area contributed by atoms with Crippen molar-refractivity contribution in [3.05, 3.63) is 24.3 Å². The minimum Gasteiger partial charge on any atom is -0.479 e. The van der Waals surface area contributed by atoms with Crippen molar-refractivity contribution in [3.8, 4) is 5.75 Å². The molecular weight excluding hydrogens is 312 g/mol. The van der Waals surface area contributed by atoms with Crippen molar-refractivity contribution in [2.24, 2.45) is 0 Å². The molecule has 2 heterocycles. The van der Waals surface area contributed by atoms with Crippen molar-refractivity contribution >= 4 is 17.7 Å². The van der Waals surface area contributed by atoms with E-state index in [1.165, 1.54) is 0 Å². The summed E-state index contributed by atoms with van der Waals surface area (Å²) < 4.78 is 5.89. The number of ether oxygens (including phenoxy) is 1. The molecule has 0 aromatic heterocycles. The molecule has 126 valence electrons. The van der Waals surface area contributed by atoms with Gasteiger partial charge in [0.05, 0.1) is 6.10 Å². The van der Waals surface area contributed by atoms with E-state index in [0.717, 1.165) is 30.2 Å². The van der Waals surface area contributed by atoms with E-state index in [-0.39, 0.29) is 18.1 Å². The maximum Gasteiger partial charge on any atom is 0.264 e. The fourth-order valence-electron chi connectivity index (χ4n) is 2.92. The molecule has 0 saturated carbocycles. The lowest BCUT2D eigenvalue weighted by Gasteiger charge is -2.37. The van der Waals surface area contributed by atoms with Gasteiger partial charge in [0.1, 0.15) is 5.75 Å². The van der Waals surface area contributed by atoms with Crippen LogP contribution in [0, 0.1) is 0 Å². The largest absolute Gasteiger partial charge is 0.479 e. The Bertz CT molecular complexity index is 546. The molecule has 2 aliphatic rings. The smallest absolute Gasteiger partial charge is 0.264 e. The molecule has 1 amide bonds. The molecule has 0 aliphatic carbocycles. The summed E-state index contributed by atoms with van der Waals surface area (Å²) in [7, 11) is 0. The molecule has 0 bridgehead atoms. The van der Waals surface area contributed by atoms with Crippen LogP contribution in [0.25, 0.3) is 0 Å². The lowest BCUT2D eigenvalue weighted by molar-refractivity contribution is -0.139. The summed E-state index contributed by atoms with van der Waals surface area (Å²) in [4.78, 5) is 17.9. The normalized spacial score (nSPS) is 23.0. The van der Waals surface area contributed by atoms with E-state index in [1.54, 1.807) is 11.8 Å². The summed E-state index contributed by atoms with van der Waals surface area (Å²) >= 11 is 1.69.